The lowest BCUT2D eigenvalue weighted by molar-refractivity contribution is 0.411. The minimum atomic E-state index is 0.223. The summed E-state index contributed by atoms with van der Waals surface area (Å²) in [5.41, 5.74) is 0. The number of phenols is 1. The second-order valence-electron chi connectivity index (χ2n) is 1.82. The highest BCUT2D eigenvalue weighted by atomic mass is 79.9. The van der Waals surface area contributed by atoms with Crippen molar-refractivity contribution in [1.29, 1.82) is 0 Å². The van der Waals surface area contributed by atoms with Crippen molar-refractivity contribution in [3.8, 4) is 11.5 Å². The fourth-order valence-electron chi connectivity index (χ4n) is 0.615. The van der Waals surface area contributed by atoms with Gasteiger partial charge in [0.2, 0.25) is 0 Å². The van der Waals surface area contributed by atoms with Gasteiger partial charge in [0.15, 0.2) is 0 Å². The molecule has 0 aliphatic heterocycles. The quantitative estimate of drug-likeness (QED) is 0.757. The van der Waals surface area contributed by atoms with Crippen molar-refractivity contribution in [2.75, 3.05) is 7.11 Å². The van der Waals surface area contributed by atoms with Crippen LogP contribution in [0, 0.1) is 0 Å². The Morgan fingerprint density at radius 1 is 1.50 bits per heavy atom. The summed E-state index contributed by atoms with van der Waals surface area (Å²) in [5.74, 6) is 0.950. The van der Waals surface area contributed by atoms with Gasteiger partial charge in [0.05, 0.1) is 11.6 Å². The second kappa shape index (κ2) is 2.92. The molecule has 0 atom stereocenters. The largest absolute Gasteiger partial charge is 0.507 e. The van der Waals surface area contributed by atoms with E-state index in [0.29, 0.717) is 4.47 Å². The molecule has 1 aromatic carbocycles. The van der Waals surface area contributed by atoms with Crippen LogP contribution in [0.4, 0.5) is 0 Å². The van der Waals surface area contributed by atoms with E-state index in [4.69, 9.17) is 9.84 Å². The Labute approximate surface area is 67.6 Å². The van der Waals surface area contributed by atoms with Crippen molar-refractivity contribution in [2.45, 2.75) is 0 Å². The molecular weight excluding hydrogens is 196 g/mol. The van der Waals surface area contributed by atoms with E-state index in [2.05, 4.69) is 15.9 Å². The zero-order valence-corrected chi connectivity index (χ0v) is 7.05. The molecule has 0 aromatic heterocycles. The third-order valence-corrected chi connectivity index (χ3v) is 1.79. The molecule has 1 aromatic rings. The first-order chi connectivity index (χ1) is 4.74. The van der Waals surface area contributed by atoms with E-state index >= 15 is 0 Å². The zero-order chi connectivity index (χ0) is 7.56. The van der Waals surface area contributed by atoms with Gasteiger partial charge in [-0.25, -0.2) is 0 Å². The SMILES string of the molecule is COc1ccc(O)c(Br)c1. The molecule has 1 N–H and O–H groups in total. The summed E-state index contributed by atoms with van der Waals surface area (Å²) in [4.78, 5) is 0. The molecule has 0 bridgehead atoms. The van der Waals surface area contributed by atoms with Crippen molar-refractivity contribution in [3.05, 3.63) is 22.7 Å². The fourth-order valence-corrected chi connectivity index (χ4v) is 0.972. The van der Waals surface area contributed by atoms with Crippen LogP contribution < -0.4 is 4.74 Å². The molecule has 0 spiro atoms. The molecule has 0 saturated heterocycles. The fraction of sp³-hybridized carbons (Fsp3) is 0.143. The standard InChI is InChI=1S/C7H7BrO2/c1-10-5-2-3-7(9)6(8)4-5/h2-4,9H,1H3. The van der Waals surface area contributed by atoms with Crippen molar-refractivity contribution in [3.63, 3.8) is 0 Å². The molecule has 0 fully saturated rings. The molecule has 0 unspecified atom stereocenters. The molecule has 0 radical (unpaired) electrons. The number of ether oxygens (including phenoxy) is 1. The Hall–Kier alpha value is -0.700. The van der Waals surface area contributed by atoms with Crippen LogP contribution in [0.5, 0.6) is 11.5 Å². The molecule has 10 heavy (non-hydrogen) atoms. The molecule has 0 saturated carbocycles. The average Bonchev–Trinajstić information content (AvgIpc) is 1.95. The van der Waals surface area contributed by atoms with Gasteiger partial charge in [0.25, 0.3) is 0 Å². The van der Waals surface area contributed by atoms with Gasteiger partial charge in [-0.1, -0.05) is 0 Å². The Kier molecular flexibility index (Phi) is 2.17. The molecule has 0 amide bonds. The lowest BCUT2D eigenvalue weighted by Crippen LogP contribution is -1.80. The predicted molar refractivity (Wildman–Crippen MR) is 42.4 cm³/mol. The lowest BCUT2D eigenvalue weighted by atomic mass is 10.3. The topological polar surface area (TPSA) is 29.5 Å². The van der Waals surface area contributed by atoms with Gasteiger partial charge < -0.3 is 9.84 Å². The zero-order valence-electron chi connectivity index (χ0n) is 5.47. The maximum atomic E-state index is 9.04. The summed E-state index contributed by atoms with van der Waals surface area (Å²) >= 11 is 3.16. The smallest absolute Gasteiger partial charge is 0.130 e. The summed E-state index contributed by atoms with van der Waals surface area (Å²) in [6.45, 7) is 0. The first kappa shape index (κ1) is 7.41. The molecule has 0 aliphatic carbocycles. The lowest BCUT2D eigenvalue weighted by Gasteiger charge is -2.00. The third-order valence-electron chi connectivity index (χ3n) is 1.15. The highest BCUT2D eigenvalue weighted by Gasteiger charge is 1.97. The maximum Gasteiger partial charge on any atom is 0.130 e. The van der Waals surface area contributed by atoms with Crippen LogP contribution in [0.2, 0.25) is 0 Å². The maximum absolute atomic E-state index is 9.04. The highest BCUT2D eigenvalue weighted by molar-refractivity contribution is 9.10. The van der Waals surface area contributed by atoms with Crippen LogP contribution in [-0.4, -0.2) is 12.2 Å². The number of aromatic hydroxyl groups is 1. The summed E-state index contributed by atoms with van der Waals surface area (Å²) in [6.07, 6.45) is 0. The Bertz CT molecular complexity index is 235. The van der Waals surface area contributed by atoms with E-state index in [9.17, 15) is 0 Å². The highest BCUT2D eigenvalue weighted by Crippen LogP contribution is 2.27. The summed E-state index contributed by atoms with van der Waals surface area (Å²) in [7, 11) is 1.58. The van der Waals surface area contributed by atoms with Crippen LogP contribution >= 0.6 is 15.9 Å². The van der Waals surface area contributed by atoms with Crippen molar-refractivity contribution in [1.82, 2.24) is 0 Å². The Morgan fingerprint density at radius 3 is 2.70 bits per heavy atom. The van der Waals surface area contributed by atoms with E-state index in [-0.39, 0.29) is 5.75 Å². The first-order valence-electron chi connectivity index (χ1n) is 2.76. The van der Waals surface area contributed by atoms with Crippen LogP contribution in [0.1, 0.15) is 0 Å². The van der Waals surface area contributed by atoms with Gasteiger partial charge in [-0.05, 0) is 34.1 Å². The van der Waals surface area contributed by atoms with Gasteiger partial charge in [-0.2, -0.15) is 0 Å². The Morgan fingerprint density at radius 2 is 2.20 bits per heavy atom. The molecule has 54 valence electrons. The summed E-state index contributed by atoms with van der Waals surface area (Å²) in [6, 6.07) is 4.97. The van der Waals surface area contributed by atoms with E-state index in [0.717, 1.165) is 5.75 Å². The number of benzene rings is 1. The van der Waals surface area contributed by atoms with E-state index in [1.54, 1.807) is 25.3 Å². The Balaban J connectivity index is 3.04. The van der Waals surface area contributed by atoms with Crippen LogP contribution in [0.15, 0.2) is 22.7 Å². The predicted octanol–water partition coefficient (Wildman–Crippen LogP) is 2.16. The molecule has 3 heteroatoms. The van der Waals surface area contributed by atoms with Gasteiger partial charge >= 0.3 is 0 Å². The molecular formula is C7H7BrO2. The second-order valence-corrected chi connectivity index (χ2v) is 2.67. The van der Waals surface area contributed by atoms with Crippen molar-refractivity contribution < 1.29 is 9.84 Å². The van der Waals surface area contributed by atoms with Crippen molar-refractivity contribution >= 4 is 15.9 Å². The average molecular weight is 203 g/mol. The minimum Gasteiger partial charge on any atom is -0.507 e. The monoisotopic (exact) mass is 202 g/mol. The van der Waals surface area contributed by atoms with E-state index < -0.39 is 0 Å². The number of phenolic OH excluding ortho intramolecular Hbond substituents is 1. The number of halogens is 1. The van der Waals surface area contributed by atoms with E-state index in [1.807, 2.05) is 0 Å². The van der Waals surface area contributed by atoms with E-state index in [1.165, 1.54) is 0 Å². The van der Waals surface area contributed by atoms with Gasteiger partial charge in [-0.15, -0.1) is 0 Å². The first-order valence-corrected chi connectivity index (χ1v) is 3.56. The molecule has 2 nitrogen and oxygen atoms in total. The minimum absolute atomic E-state index is 0.223. The summed E-state index contributed by atoms with van der Waals surface area (Å²) in [5, 5.41) is 9.04. The van der Waals surface area contributed by atoms with Crippen LogP contribution in [-0.2, 0) is 0 Å². The normalized spacial score (nSPS) is 9.40. The van der Waals surface area contributed by atoms with Gasteiger partial charge in [-0.3, -0.25) is 0 Å². The number of rotatable bonds is 1. The number of hydrogen-bond acceptors (Lipinski definition) is 2. The number of methoxy groups -OCH3 is 1. The van der Waals surface area contributed by atoms with Crippen LogP contribution in [0.3, 0.4) is 0 Å². The van der Waals surface area contributed by atoms with Crippen molar-refractivity contribution in [2.24, 2.45) is 0 Å². The third kappa shape index (κ3) is 1.42. The van der Waals surface area contributed by atoms with Gasteiger partial charge in [0, 0.05) is 0 Å². The molecule has 0 heterocycles. The molecule has 0 aliphatic rings. The van der Waals surface area contributed by atoms with Gasteiger partial charge in [0.1, 0.15) is 11.5 Å². The molecule has 1 rings (SSSR count). The van der Waals surface area contributed by atoms with Crippen LogP contribution in [0.25, 0.3) is 0 Å². The summed E-state index contributed by atoms with van der Waals surface area (Å²) < 4.78 is 5.55. The number of hydrogen-bond donors (Lipinski definition) is 1.